The van der Waals surface area contributed by atoms with E-state index in [9.17, 15) is 9.59 Å². The standard InChI is InChI=1S/C15H22O2/c1-5-7-9-15(17)12(3)10-11-14(8-6-2)13(4)16/h8,10-11H,3,5-7,9H2,1-2,4H3/b11-10-,14-8+. The summed E-state index contributed by atoms with van der Waals surface area (Å²) in [6, 6.07) is 0. The molecule has 0 aliphatic heterocycles. The molecule has 0 amide bonds. The number of carbonyl (C=O) groups excluding carboxylic acids is 2. The first-order valence-corrected chi connectivity index (χ1v) is 6.14. The summed E-state index contributed by atoms with van der Waals surface area (Å²) < 4.78 is 0. The first-order chi connectivity index (χ1) is 8.02. The summed E-state index contributed by atoms with van der Waals surface area (Å²) in [6.45, 7) is 9.26. The van der Waals surface area contributed by atoms with E-state index >= 15 is 0 Å². The Morgan fingerprint density at radius 2 is 1.82 bits per heavy atom. The van der Waals surface area contributed by atoms with Crippen LogP contribution in [-0.2, 0) is 9.59 Å². The number of allylic oxidation sites excluding steroid dienone is 5. The van der Waals surface area contributed by atoms with E-state index in [-0.39, 0.29) is 11.6 Å². The largest absolute Gasteiger partial charge is 0.295 e. The molecule has 0 bridgehead atoms. The minimum atomic E-state index is 0.0110. The van der Waals surface area contributed by atoms with Crippen LogP contribution in [-0.4, -0.2) is 11.6 Å². The monoisotopic (exact) mass is 234 g/mol. The molecule has 0 unspecified atom stereocenters. The van der Waals surface area contributed by atoms with Crippen molar-refractivity contribution in [3.63, 3.8) is 0 Å². The van der Waals surface area contributed by atoms with Crippen molar-refractivity contribution in [3.05, 3.63) is 36.0 Å². The molecule has 0 atom stereocenters. The van der Waals surface area contributed by atoms with Gasteiger partial charge in [-0.25, -0.2) is 0 Å². The maximum absolute atomic E-state index is 11.6. The fourth-order valence-electron chi connectivity index (χ4n) is 1.33. The van der Waals surface area contributed by atoms with Crippen LogP contribution in [0.3, 0.4) is 0 Å². The number of hydrogen-bond acceptors (Lipinski definition) is 2. The summed E-state index contributed by atoms with van der Waals surface area (Å²) in [4.78, 5) is 22.8. The fourth-order valence-corrected chi connectivity index (χ4v) is 1.33. The van der Waals surface area contributed by atoms with Gasteiger partial charge in [-0.1, -0.05) is 45.1 Å². The lowest BCUT2D eigenvalue weighted by Crippen LogP contribution is -1.99. The number of Topliss-reactive ketones (excluding diaryl/α,β-unsaturated/α-hetero) is 2. The lowest BCUT2D eigenvalue weighted by Gasteiger charge is -1.99. The Bertz CT molecular complexity index is 346. The third kappa shape index (κ3) is 6.67. The molecule has 0 heterocycles. The van der Waals surface area contributed by atoms with E-state index in [0.717, 1.165) is 19.3 Å². The number of ketones is 2. The first kappa shape index (κ1) is 15.6. The van der Waals surface area contributed by atoms with Gasteiger partial charge in [0, 0.05) is 17.6 Å². The predicted octanol–water partition coefficient (Wildman–Crippen LogP) is 3.78. The number of hydrogen-bond donors (Lipinski definition) is 0. The molecule has 0 spiro atoms. The van der Waals surface area contributed by atoms with Crippen LogP contribution < -0.4 is 0 Å². The SMILES string of the molecule is C=C(/C=C\C(=C/CC)C(C)=O)C(=O)CCCC. The molecule has 94 valence electrons. The van der Waals surface area contributed by atoms with Crippen LogP contribution in [0.4, 0.5) is 0 Å². The van der Waals surface area contributed by atoms with E-state index in [2.05, 4.69) is 6.58 Å². The topological polar surface area (TPSA) is 34.1 Å². The zero-order valence-corrected chi connectivity index (χ0v) is 11.1. The predicted molar refractivity (Wildman–Crippen MR) is 71.9 cm³/mol. The van der Waals surface area contributed by atoms with Crippen molar-refractivity contribution in [2.75, 3.05) is 0 Å². The van der Waals surface area contributed by atoms with E-state index in [1.165, 1.54) is 6.92 Å². The zero-order chi connectivity index (χ0) is 13.3. The Kier molecular flexibility index (Phi) is 7.95. The second-order valence-corrected chi connectivity index (χ2v) is 4.01. The second-order valence-electron chi connectivity index (χ2n) is 4.01. The van der Waals surface area contributed by atoms with E-state index in [1.54, 1.807) is 12.2 Å². The molecule has 0 fully saturated rings. The Hall–Kier alpha value is -1.44. The molecular weight excluding hydrogens is 212 g/mol. The molecule has 0 N–H and O–H groups in total. The summed E-state index contributed by atoms with van der Waals surface area (Å²) in [5.74, 6) is 0.0689. The highest BCUT2D eigenvalue weighted by Gasteiger charge is 2.04. The molecule has 0 saturated heterocycles. The van der Waals surface area contributed by atoms with Crippen molar-refractivity contribution in [1.82, 2.24) is 0 Å². The molecular formula is C15H22O2. The minimum Gasteiger partial charge on any atom is -0.295 e. The summed E-state index contributed by atoms with van der Waals surface area (Å²) >= 11 is 0. The van der Waals surface area contributed by atoms with Gasteiger partial charge in [0.2, 0.25) is 0 Å². The molecule has 0 aromatic heterocycles. The van der Waals surface area contributed by atoms with Gasteiger partial charge in [0.1, 0.15) is 0 Å². The van der Waals surface area contributed by atoms with Gasteiger partial charge < -0.3 is 0 Å². The average molecular weight is 234 g/mol. The maximum atomic E-state index is 11.6. The Balaban J connectivity index is 4.49. The molecule has 17 heavy (non-hydrogen) atoms. The highest BCUT2D eigenvalue weighted by atomic mass is 16.1. The lowest BCUT2D eigenvalue weighted by molar-refractivity contribution is -0.115. The molecule has 0 saturated carbocycles. The second kappa shape index (κ2) is 8.68. The summed E-state index contributed by atoms with van der Waals surface area (Å²) in [7, 11) is 0. The average Bonchev–Trinajstić information content (AvgIpc) is 2.30. The van der Waals surface area contributed by atoms with E-state index < -0.39 is 0 Å². The molecule has 0 aliphatic rings. The summed E-state index contributed by atoms with van der Waals surface area (Å²) in [6.07, 6.45) is 8.39. The molecule has 0 rings (SSSR count). The number of carbonyl (C=O) groups is 2. The lowest BCUT2D eigenvalue weighted by atomic mass is 10.0. The zero-order valence-electron chi connectivity index (χ0n) is 11.1. The van der Waals surface area contributed by atoms with Crippen LogP contribution in [0.15, 0.2) is 36.0 Å². The van der Waals surface area contributed by atoms with Crippen LogP contribution in [0.25, 0.3) is 0 Å². The Morgan fingerprint density at radius 1 is 1.18 bits per heavy atom. The van der Waals surface area contributed by atoms with Gasteiger partial charge in [0.25, 0.3) is 0 Å². The number of rotatable bonds is 8. The highest BCUT2D eigenvalue weighted by Crippen LogP contribution is 2.07. The molecule has 0 radical (unpaired) electrons. The van der Waals surface area contributed by atoms with E-state index in [4.69, 9.17) is 0 Å². The summed E-state index contributed by atoms with van der Waals surface area (Å²) in [5.41, 5.74) is 1.11. The van der Waals surface area contributed by atoms with E-state index in [1.807, 2.05) is 19.9 Å². The third-order valence-electron chi connectivity index (χ3n) is 2.41. The Labute approximate surface area is 104 Å². The van der Waals surface area contributed by atoms with Gasteiger partial charge in [-0.3, -0.25) is 9.59 Å². The van der Waals surface area contributed by atoms with Gasteiger partial charge in [-0.15, -0.1) is 0 Å². The van der Waals surface area contributed by atoms with Crippen LogP contribution >= 0.6 is 0 Å². The highest BCUT2D eigenvalue weighted by molar-refractivity contribution is 5.99. The van der Waals surface area contributed by atoms with Crippen molar-refractivity contribution in [1.29, 1.82) is 0 Å². The smallest absolute Gasteiger partial charge is 0.162 e. The van der Waals surface area contributed by atoms with Gasteiger partial charge in [-0.2, -0.15) is 0 Å². The third-order valence-corrected chi connectivity index (χ3v) is 2.41. The van der Waals surface area contributed by atoms with Crippen molar-refractivity contribution < 1.29 is 9.59 Å². The van der Waals surface area contributed by atoms with Crippen molar-refractivity contribution in [2.45, 2.75) is 46.5 Å². The molecule has 0 aliphatic carbocycles. The summed E-state index contributed by atoms with van der Waals surface area (Å²) in [5, 5.41) is 0. The van der Waals surface area contributed by atoms with Gasteiger partial charge in [0.05, 0.1) is 0 Å². The van der Waals surface area contributed by atoms with Crippen LogP contribution in [0, 0.1) is 0 Å². The van der Waals surface area contributed by atoms with Crippen LogP contribution in [0.5, 0.6) is 0 Å². The van der Waals surface area contributed by atoms with Gasteiger partial charge >= 0.3 is 0 Å². The minimum absolute atomic E-state index is 0.0110. The Morgan fingerprint density at radius 3 is 2.29 bits per heavy atom. The van der Waals surface area contributed by atoms with Gasteiger partial charge in [0.15, 0.2) is 11.6 Å². The fraction of sp³-hybridized carbons (Fsp3) is 0.467. The van der Waals surface area contributed by atoms with Crippen molar-refractivity contribution in [2.24, 2.45) is 0 Å². The maximum Gasteiger partial charge on any atom is 0.162 e. The molecule has 2 nitrogen and oxygen atoms in total. The van der Waals surface area contributed by atoms with E-state index in [0.29, 0.717) is 17.6 Å². The molecule has 0 aromatic rings. The quantitative estimate of drug-likeness (QED) is 0.473. The van der Waals surface area contributed by atoms with Crippen LogP contribution in [0.1, 0.15) is 46.5 Å². The van der Waals surface area contributed by atoms with Gasteiger partial charge in [-0.05, 0) is 19.8 Å². The molecule has 0 aromatic carbocycles. The van der Waals surface area contributed by atoms with Crippen molar-refractivity contribution in [3.8, 4) is 0 Å². The van der Waals surface area contributed by atoms with Crippen LogP contribution in [0.2, 0.25) is 0 Å². The van der Waals surface area contributed by atoms with Crippen molar-refractivity contribution >= 4 is 11.6 Å². The number of unbranched alkanes of at least 4 members (excludes halogenated alkanes) is 1. The molecule has 2 heteroatoms. The first-order valence-electron chi connectivity index (χ1n) is 6.14. The normalized spacial score (nSPS) is 11.8.